The molecule has 0 N–H and O–H groups in total. The summed E-state index contributed by atoms with van der Waals surface area (Å²) in [7, 11) is 0. The third kappa shape index (κ3) is 5.85. The molecule has 0 spiro atoms. The molecule has 0 aliphatic heterocycles. The average molecular weight is 871 g/mol. The van der Waals surface area contributed by atoms with Gasteiger partial charge in [0.15, 0.2) is 0 Å². The second-order valence-corrected chi connectivity index (χ2v) is 18.3. The lowest BCUT2D eigenvalue weighted by Crippen LogP contribution is -2.03. The molecule has 0 saturated carbocycles. The van der Waals surface area contributed by atoms with E-state index in [-0.39, 0.29) is 0 Å². The molecule has 0 atom stereocenters. The molecule has 0 unspecified atom stereocenters. The molecule has 67 heavy (non-hydrogen) atoms. The zero-order valence-corrected chi connectivity index (χ0v) is 37.0. The number of nitrogens with zero attached hydrogens (tertiary/aromatic N) is 4. The van der Waals surface area contributed by atoms with Crippen molar-refractivity contribution in [1.82, 2.24) is 19.1 Å². The van der Waals surface area contributed by atoms with Crippen LogP contribution >= 0.6 is 11.3 Å². The molecule has 0 radical (unpaired) electrons. The lowest BCUT2D eigenvalue weighted by molar-refractivity contribution is 1.02. The van der Waals surface area contributed by atoms with Crippen molar-refractivity contribution >= 4 is 86.7 Å². The summed E-state index contributed by atoms with van der Waals surface area (Å²) in [5, 5.41) is 9.64. The van der Waals surface area contributed by atoms with Gasteiger partial charge in [0, 0.05) is 43.2 Å². The molecule has 4 nitrogen and oxygen atoms in total. The van der Waals surface area contributed by atoms with Gasteiger partial charge in [0.05, 0.1) is 38.0 Å². The van der Waals surface area contributed by atoms with Gasteiger partial charge in [0.1, 0.15) is 0 Å². The number of hydrogen-bond acceptors (Lipinski definition) is 3. The first kappa shape index (κ1) is 37.7. The molecule has 14 aromatic rings. The first-order valence-electron chi connectivity index (χ1n) is 22.7. The molecule has 14 rings (SSSR count). The molecule has 312 valence electrons. The van der Waals surface area contributed by atoms with Crippen molar-refractivity contribution in [3.63, 3.8) is 0 Å². The van der Waals surface area contributed by atoms with Crippen molar-refractivity contribution in [3.05, 3.63) is 231 Å². The summed E-state index contributed by atoms with van der Waals surface area (Å²) in [5.74, 6) is 0.642. The summed E-state index contributed by atoms with van der Waals surface area (Å²) in [6.45, 7) is 0. The van der Waals surface area contributed by atoms with E-state index in [1.807, 2.05) is 0 Å². The highest BCUT2D eigenvalue weighted by molar-refractivity contribution is 7.23. The Morgan fingerprint density at radius 2 is 0.970 bits per heavy atom. The van der Waals surface area contributed by atoms with E-state index >= 15 is 0 Å². The van der Waals surface area contributed by atoms with Crippen LogP contribution in [0.3, 0.4) is 0 Å². The van der Waals surface area contributed by atoms with E-state index in [0.717, 1.165) is 71.2 Å². The van der Waals surface area contributed by atoms with Crippen molar-refractivity contribution in [3.8, 4) is 55.6 Å². The Morgan fingerprint density at radius 1 is 0.358 bits per heavy atom. The number of thiophene rings is 1. The van der Waals surface area contributed by atoms with Gasteiger partial charge < -0.3 is 4.57 Å². The van der Waals surface area contributed by atoms with E-state index in [0.29, 0.717) is 5.95 Å². The number of para-hydroxylation sites is 1. The maximum Gasteiger partial charge on any atom is 0.235 e. The zero-order valence-electron chi connectivity index (χ0n) is 36.1. The summed E-state index contributed by atoms with van der Waals surface area (Å²) in [4.78, 5) is 12.5. The van der Waals surface area contributed by atoms with Crippen LogP contribution < -0.4 is 0 Å². The highest BCUT2D eigenvalue weighted by Gasteiger charge is 2.25. The SMILES string of the molecule is c1ccc(-c2sc3c(-c4ccccc4)nc(-n4c5ccc(-c6cccc7c6c6c8ccccc8ccc6n7-c6ccccc6)cc5c5cc6ccccc6cc54)nc3c2-c2ccccc2)cc1. The number of rotatable bonds is 6. The smallest absolute Gasteiger partial charge is 0.235 e. The largest absolute Gasteiger partial charge is 0.309 e. The molecule has 0 aliphatic rings. The van der Waals surface area contributed by atoms with Crippen LogP contribution in [0.25, 0.3) is 131 Å². The Balaban J connectivity index is 1.08. The van der Waals surface area contributed by atoms with Gasteiger partial charge in [-0.1, -0.05) is 182 Å². The fraction of sp³-hybridized carbons (Fsp3) is 0. The molecule has 0 aliphatic carbocycles. The molecule has 5 heteroatoms. The van der Waals surface area contributed by atoms with Gasteiger partial charge >= 0.3 is 0 Å². The number of fused-ring (bicyclic) bond motifs is 10. The van der Waals surface area contributed by atoms with Crippen molar-refractivity contribution in [2.75, 3.05) is 0 Å². The summed E-state index contributed by atoms with van der Waals surface area (Å²) < 4.78 is 5.79. The van der Waals surface area contributed by atoms with Crippen LogP contribution in [0.4, 0.5) is 0 Å². The Labute approximate surface area is 389 Å². The third-order valence-corrected chi connectivity index (χ3v) is 14.7. The van der Waals surface area contributed by atoms with Crippen LogP contribution in [-0.4, -0.2) is 19.1 Å². The number of hydrogen-bond donors (Lipinski definition) is 0. The monoisotopic (exact) mass is 870 g/mol. The van der Waals surface area contributed by atoms with Crippen LogP contribution in [0.5, 0.6) is 0 Å². The van der Waals surface area contributed by atoms with Gasteiger partial charge in [0.25, 0.3) is 0 Å². The highest BCUT2D eigenvalue weighted by Crippen LogP contribution is 2.48. The van der Waals surface area contributed by atoms with Crippen LogP contribution in [-0.2, 0) is 0 Å². The normalized spacial score (nSPS) is 11.9. The summed E-state index contributed by atoms with van der Waals surface area (Å²) in [5.41, 5.74) is 14.3. The molecular weight excluding hydrogens is 833 g/mol. The summed E-state index contributed by atoms with van der Waals surface area (Å²) in [6.07, 6.45) is 0. The van der Waals surface area contributed by atoms with Crippen LogP contribution in [0.1, 0.15) is 0 Å². The van der Waals surface area contributed by atoms with Crippen molar-refractivity contribution in [2.45, 2.75) is 0 Å². The second-order valence-electron chi connectivity index (χ2n) is 17.3. The van der Waals surface area contributed by atoms with E-state index in [1.165, 1.54) is 53.8 Å². The Kier molecular flexibility index (Phi) is 8.42. The fourth-order valence-corrected chi connectivity index (χ4v) is 11.8. The molecule has 0 bridgehead atoms. The number of benzene rings is 10. The van der Waals surface area contributed by atoms with Gasteiger partial charge in [0.2, 0.25) is 5.95 Å². The summed E-state index contributed by atoms with van der Waals surface area (Å²) in [6, 6.07) is 83.2. The standard InChI is InChI=1S/C62H38N4S/c1-5-19-40(20-6-1)55-59-61(67-60(55)42-23-9-3-10-24-42)58(41-21-7-2-8-22-41)63-62(64-59)66-51-34-33-45(37-49(51)50-36-43-25-13-14-26-44(43)38-54(50)66)48-30-17-31-52-57(48)56-47-29-16-15-18-39(47)32-35-53(56)65(52)46-27-11-4-12-28-46/h1-38H. The Hall–Kier alpha value is -8.64. The van der Waals surface area contributed by atoms with Crippen molar-refractivity contribution < 1.29 is 0 Å². The van der Waals surface area contributed by atoms with Gasteiger partial charge in [-0.15, -0.1) is 11.3 Å². The molecule has 0 saturated heterocycles. The van der Waals surface area contributed by atoms with E-state index in [2.05, 4.69) is 240 Å². The molecule has 4 aromatic heterocycles. The predicted octanol–water partition coefficient (Wildman–Crippen LogP) is 16.9. The third-order valence-electron chi connectivity index (χ3n) is 13.5. The highest BCUT2D eigenvalue weighted by atomic mass is 32.1. The van der Waals surface area contributed by atoms with Crippen LogP contribution in [0.2, 0.25) is 0 Å². The Morgan fingerprint density at radius 3 is 1.73 bits per heavy atom. The summed E-state index contributed by atoms with van der Waals surface area (Å²) >= 11 is 1.77. The van der Waals surface area contributed by atoms with Crippen molar-refractivity contribution in [2.24, 2.45) is 0 Å². The second kappa shape index (κ2) is 15.0. The van der Waals surface area contributed by atoms with Gasteiger partial charge in [-0.3, -0.25) is 4.57 Å². The van der Waals surface area contributed by atoms with Crippen molar-refractivity contribution in [1.29, 1.82) is 0 Å². The van der Waals surface area contributed by atoms with Crippen LogP contribution in [0.15, 0.2) is 231 Å². The number of aromatic nitrogens is 4. The van der Waals surface area contributed by atoms with Gasteiger partial charge in [-0.05, 0) is 92.3 Å². The maximum atomic E-state index is 5.68. The first-order valence-corrected chi connectivity index (χ1v) is 23.6. The van der Waals surface area contributed by atoms with E-state index < -0.39 is 0 Å². The predicted molar refractivity (Wildman–Crippen MR) is 283 cm³/mol. The molecular formula is C62H38N4S. The van der Waals surface area contributed by atoms with E-state index in [1.54, 1.807) is 11.3 Å². The minimum atomic E-state index is 0.642. The maximum absolute atomic E-state index is 5.68. The lowest BCUT2D eigenvalue weighted by atomic mass is 9.95. The van der Waals surface area contributed by atoms with Gasteiger partial charge in [-0.2, -0.15) is 0 Å². The first-order chi connectivity index (χ1) is 33.2. The molecule has 4 heterocycles. The average Bonchev–Trinajstić information content (AvgIpc) is 4.06. The minimum Gasteiger partial charge on any atom is -0.309 e. The molecule has 0 amide bonds. The van der Waals surface area contributed by atoms with Crippen LogP contribution in [0, 0.1) is 0 Å². The minimum absolute atomic E-state index is 0.642. The van der Waals surface area contributed by atoms with E-state index in [9.17, 15) is 0 Å². The Bertz CT molecular complexity index is 4240. The quantitative estimate of drug-likeness (QED) is 0.167. The van der Waals surface area contributed by atoms with E-state index in [4.69, 9.17) is 9.97 Å². The zero-order chi connectivity index (χ0) is 44.0. The molecule has 0 fully saturated rings. The molecule has 10 aromatic carbocycles. The topological polar surface area (TPSA) is 35.6 Å². The fourth-order valence-electron chi connectivity index (χ4n) is 10.5. The van der Waals surface area contributed by atoms with Gasteiger partial charge in [-0.25, -0.2) is 9.97 Å². The lowest BCUT2D eigenvalue weighted by Gasteiger charge is -2.12.